The SMILES string of the molecule is CC.CC.CCN1/C(=C/C=C/c2oc3ccccc3[n+]2CC)Oc2ccccc21. The summed E-state index contributed by atoms with van der Waals surface area (Å²) in [5, 5.41) is 0. The van der Waals surface area contributed by atoms with Gasteiger partial charge in [0, 0.05) is 12.6 Å². The van der Waals surface area contributed by atoms with Crippen molar-refractivity contribution in [2.24, 2.45) is 0 Å². The van der Waals surface area contributed by atoms with E-state index in [0.717, 1.165) is 47.4 Å². The minimum absolute atomic E-state index is 0.833. The lowest BCUT2D eigenvalue weighted by Crippen LogP contribution is -2.33. The van der Waals surface area contributed by atoms with E-state index in [-0.39, 0.29) is 0 Å². The molecule has 0 saturated carbocycles. The van der Waals surface area contributed by atoms with Crippen LogP contribution in [0.3, 0.4) is 0 Å². The van der Waals surface area contributed by atoms with Gasteiger partial charge >= 0.3 is 5.89 Å². The molecule has 4 rings (SSSR count). The molecule has 0 spiro atoms. The average molecular weight is 394 g/mol. The Hall–Kier alpha value is -3.01. The summed E-state index contributed by atoms with van der Waals surface area (Å²) in [5.74, 6) is 2.56. The van der Waals surface area contributed by atoms with E-state index in [2.05, 4.69) is 35.4 Å². The highest BCUT2D eigenvalue weighted by atomic mass is 16.5. The van der Waals surface area contributed by atoms with Crippen LogP contribution in [0.15, 0.2) is 71.0 Å². The second-order valence-corrected chi connectivity index (χ2v) is 5.83. The highest BCUT2D eigenvalue weighted by Crippen LogP contribution is 2.38. The number of allylic oxidation sites excluding steroid dienone is 2. The molecule has 2 heterocycles. The van der Waals surface area contributed by atoms with E-state index in [4.69, 9.17) is 9.15 Å². The normalized spacial score (nSPS) is 13.6. The van der Waals surface area contributed by atoms with Crippen LogP contribution in [-0.2, 0) is 6.54 Å². The third-order valence-corrected chi connectivity index (χ3v) is 4.38. The van der Waals surface area contributed by atoms with Crippen molar-refractivity contribution in [3.63, 3.8) is 0 Å². The number of rotatable bonds is 4. The first kappa shape index (κ1) is 22.3. The highest BCUT2D eigenvalue weighted by Gasteiger charge is 2.24. The second kappa shape index (κ2) is 11.1. The first-order chi connectivity index (χ1) is 14.3. The number of fused-ring (bicyclic) bond motifs is 2. The predicted molar refractivity (Wildman–Crippen MR) is 122 cm³/mol. The summed E-state index contributed by atoms with van der Waals surface area (Å²) in [6, 6.07) is 16.2. The van der Waals surface area contributed by atoms with E-state index < -0.39 is 0 Å². The number of benzene rings is 2. The van der Waals surface area contributed by atoms with Gasteiger partial charge in [-0.05, 0) is 44.2 Å². The lowest BCUT2D eigenvalue weighted by Gasteiger charge is -2.14. The number of para-hydroxylation sites is 4. The number of ether oxygens (including phenoxy) is 1. The molecule has 1 aliphatic rings. The number of nitrogens with zero attached hydrogens (tertiary/aromatic N) is 2. The molecule has 0 bridgehead atoms. The van der Waals surface area contributed by atoms with Crippen molar-refractivity contribution in [1.82, 2.24) is 0 Å². The minimum atomic E-state index is 0.833. The molecule has 2 aromatic carbocycles. The molecule has 0 N–H and O–H groups in total. The summed E-state index contributed by atoms with van der Waals surface area (Å²) in [6.45, 7) is 14.0. The van der Waals surface area contributed by atoms with Gasteiger partial charge in [-0.15, -0.1) is 0 Å². The molecule has 0 amide bonds. The molecular formula is C25H33N2O2+. The third kappa shape index (κ3) is 4.70. The Balaban J connectivity index is 0.000000707. The van der Waals surface area contributed by atoms with Crippen molar-refractivity contribution >= 4 is 22.9 Å². The number of oxazole rings is 1. The van der Waals surface area contributed by atoms with Crippen LogP contribution in [0.2, 0.25) is 0 Å². The van der Waals surface area contributed by atoms with Gasteiger partial charge < -0.3 is 14.1 Å². The Labute approximate surface area is 174 Å². The molecule has 0 aliphatic carbocycles. The van der Waals surface area contributed by atoms with Crippen LogP contribution in [0, 0.1) is 0 Å². The maximum Gasteiger partial charge on any atom is 0.374 e. The Morgan fingerprint density at radius 3 is 2.34 bits per heavy atom. The summed E-state index contributed by atoms with van der Waals surface area (Å²) >= 11 is 0. The number of aromatic nitrogens is 1. The van der Waals surface area contributed by atoms with Crippen LogP contribution >= 0.6 is 0 Å². The van der Waals surface area contributed by atoms with E-state index in [1.807, 2.05) is 82.3 Å². The molecule has 1 aromatic heterocycles. The van der Waals surface area contributed by atoms with Gasteiger partial charge in [-0.1, -0.05) is 52.0 Å². The van der Waals surface area contributed by atoms with Gasteiger partial charge in [0.15, 0.2) is 5.75 Å². The summed E-state index contributed by atoms with van der Waals surface area (Å²) in [4.78, 5) is 2.16. The number of aryl methyl sites for hydroxylation is 1. The summed E-state index contributed by atoms with van der Waals surface area (Å²) < 4.78 is 14.1. The van der Waals surface area contributed by atoms with Crippen molar-refractivity contribution in [2.45, 2.75) is 48.1 Å². The van der Waals surface area contributed by atoms with Gasteiger partial charge in [-0.25, -0.2) is 0 Å². The van der Waals surface area contributed by atoms with Crippen LogP contribution in [0.1, 0.15) is 47.4 Å². The van der Waals surface area contributed by atoms with E-state index in [0.29, 0.717) is 0 Å². The number of hydrogen-bond donors (Lipinski definition) is 0. The third-order valence-electron chi connectivity index (χ3n) is 4.38. The maximum absolute atomic E-state index is 5.96. The van der Waals surface area contributed by atoms with Crippen molar-refractivity contribution in [3.8, 4) is 5.75 Å². The van der Waals surface area contributed by atoms with Gasteiger partial charge in [-0.2, -0.15) is 4.57 Å². The van der Waals surface area contributed by atoms with Crippen molar-refractivity contribution in [2.75, 3.05) is 11.4 Å². The zero-order valence-electron chi connectivity index (χ0n) is 18.5. The smallest absolute Gasteiger partial charge is 0.374 e. The van der Waals surface area contributed by atoms with E-state index in [1.54, 1.807) is 0 Å². The Bertz CT molecular complexity index is 970. The van der Waals surface area contributed by atoms with Crippen molar-refractivity contribution in [1.29, 1.82) is 0 Å². The molecule has 1 aliphatic heterocycles. The molecule has 0 unspecified atom stereocenters. The van der Waals surface area contributed by atoms with Gasteiger partial charge in [-0.3, -0.25) is 0 Å². The molecule has 4 nitrogen and oxygen atoms in total. The monoisotopic (exact) mass is 393 g/mol. The fourth-order valence-electron chi connectivity index (χ4n) is 3.22. The van der Waals surface area contributed by atoms with Crippen LogP contribution in [-0.4, -0.2) is 6.54 Å². The Morgan fingerprint density at radius 2 is 1.62 bits per heavy atom. The Kier molecular flexibility index (Phi) is 8.53. The van der Waals surface area contributed by atoms with Gasteiger partial charge in [0.05, 0.1) is 11.8 Å². The molecular weight excluding hydrogens is 360 g/mol. The molecule has 0 radical (unpaired) electrons. The fourth-order valence-corrected chi connectivity index (χ4v) is 3.22. The summed E-state index contributed by atoms with van der Waals surface area (Å²) in [5.41, 5.74) is 3.12. The quantitative estimate of drug-likeness (QED) is 0.470. The van der Waals surface area contributed by atoms with Crippen LogP contribution in [0.25, 0.3) is 17.2 Å². The zero-order valence-corrected chi connectivity index (χ0v) is 18.5. The standard InChI is InChI=1S/C21H21N2O2.2C2H6/c1-3-22-16-10-5-7-12-18(16)24-20(22)14-9-15-21-23(4-2)17-11-6-8-13-19(17)25-21;2*1-2/h5-15H,3-4H2,1-2H3;2*1-2H3/q+1;;. The van der Waals surface area contributed by atoms with Crippen LogP contribution in [0.5, 0.6) is 5.75 Å². The van der Waals surface area contributed by atoms with E-state index in [9.17, 15) is 0 Å². The Morgan fingerprint density at radius 1 is 0.931 bits per heavy atom. The zero-order chi connectivity index (χ0) is 21.2. The lowest BCUT2D eigenvalue weighted by molar-refractivity contribution is -0.674. The largest absolute Gasteiger partial charge is 0.439 e. The van der Waals surface area contributed by atoms with E-state index >= 15 is 0 Å². The molecule has 0 atom stereocenters. The molecule has 3 aromatic rings. The highest BCUT2D eigenvalue weighted by molar-refractivity contribution is 5.70. The van der Waals surface area contributed by atoms with Crippen molar-refractivity contribution in [3.05, 3.63) is 72.5 Å². The second-order valence-electron chi connectivity index (χ2n) is 5.83. The predicted octanol–water partition coefficient (Wildman–Crippen LogP) is 6.57. The maximum atomic E-state index is 5.96. The lowest BCUT2D eigenvalue weighted by atomic mass is 10.3. The minimum Gasteiger partial charge on any atom is -0.439 e. The summed E-state index contributed by atoms with van der Waals surface area (Å²) in [7, 11) is 0. The van der Waals surface area contributed by atoms with Gasteiger partial charge in [0.2, 0.25) is 11.5 Å². The van der Waals surface area contributed by atoms with Crippen LogP contribution in [0.4, 0.5) is 5.69 Å². The molecule has 154 valence electrons. The summed E-state index contributed by atoms with van der Waals surface area (Å²) in [6.07, 6.45) is 5.95. The first-order valence-corrected chi connectivity index (χ1v) is 10.7. The molecule has 0 saturated heterocycles. The number of hydrogen-bond acceptors (Lipinski definition) is 3. The van der Waals surface area contributed by atoms with Gasteiger partial charge in [0.1, 0.15) is 6.54 Å². The topological polar surface area (TPSA) is 29.5 Å². The molecule has 0 fully saturated rings. The fraction of sp³-hybridized carbons (Fsp3) is 0.320. The molecule has 4 heteroatoms. The van der Waals surface area contributed by atoms with Crippen molar-refractivity contribution < 1.29 is 13.7 Å². The molecule has 29 heavy (non-hydrogen) atoms. The average Bonchev–Trinajstić information content (AvgIpc) is 3.33. The number of anilines is 1. The van der Waals surface area contributed by atoms with Gasteiger partial charge in [0.25, 0.3) is 5.52 Å². The van der Waals surface area contributed by atoms with E-state index in [1.165, 1.54) is 0 Å². The first-order valence-electron chi connectivity index (χ1n) is 10.7. The van der Waals surface area contributed by atoms with Crippen LogP contribution < -0.4 is 14.2 Å².